The highest BCUT2D eigenvalue weighted by Crippen LogP contribution is 2.32. The van der Waals surface area contributed by atoms with Crippen LogP contribution in [0.5, 0.6) is 0 Å². The fourth-order valence-corrected chi connectivity index (χ4v) is 2.21. The first-order valence-corrected chi connectivity index (χ1v) is 4.54. The van der Waals surface area contributed by atoms with E-state index in [1.54, 1.807) is 6.92 Å². The van der Waals surface area contributed by atoms with Gasteiger partial charge in [-0.3, -0.25) is 14.9 Å². The van der Waals surface area contributed by atoms with Gasteiger partial charge in [0.05, 0.1) is 22.2 Å². The number of hydrogen-bond donors (Lipinski definition) is 1. The van der Waals surface area contributed by atoms with Gasteiger partial charge in [-0.05, 0) is 18.3 Å². The quantitative estimate of drug-likeness (QED) is 0.567. The first kappa shape index (κ1) is 8.82. The highest BCUT2D eigenvalue weighted by Gasteiger charge is 2.20. The van der Waals surface area contributed by atoms with Gasteiger partial charge >= 0.3 is 5.00 Å². The van der Waals surface area contributed by atoms with Gasteiger partial charge in [0.1, 0.15) is 4.83 Å². The maximum atomic E-state index is 11.3. The fraction of sp³-hybridized carbons (Fsp3) is 0.143. The highest BCUT2D eigenvalue weighted by atomic mass is 32.1. The molecule has 0 radical (unpaired) electrons. The Hall–Kier alpha value is -1.76. The standard InChI is InChI=1S/C7H5N3O3S/c1-3-4-5(11)8-2-9-6(4)14-7(3)10(12)13/h2H,1H3,(H,8,9,11). The van der Waals surface area contributed by atoms with Crippen LogP contribution in [0, 0.1) is 17.0 Å². The van der Waals surface area contributed by atoms with E-state index in [9.17, 15) is 14.9 Å². The minimum Gasteiger partial charge on any atom is -0.313 e. The summed E-state index contributed by atoms with van der Waals surface area (Å²) in [6, 6.07) is 0. The Bertz CT molecular complexity index is 571. The molecule has 0 aliphatic heterocycles. The van der Waals surface area contributed by atoms with Crippen molar-refractivity contribution in [3.8, 4) is 0 Å². The maximum absolute atomic E-state index is 11.3. The van der Waals surface area contributed by atoms with Crippen molar-refractivity contribution in [1.29, 1.82) is 0 Å². The van der Waals surface area contributed by atoms with Gasteiger partial charge in [-0.25, -0.2) is 4.98 Å². The van der Waals surface area contributed by atoms with Crippen molar-refractivity contribution in [3.63, 3.8) is 0 Å². The van der Waals surface area contributed by atoms with E-state index in [0.717, 1.165) is 11.3 Å². The molecule has 0 fully saturated rings. The van der Waals surface area contributed by atoms with Crippen molar-refractivity contribution < 1.29 is 4.92 Å². The third-order valence-electron chi connectivity index (χ3n) is 1.87. The molecular formula is C7H5N3O3S. The van der Waals surface area contributed by atoms with Crippen molar-refractivity contribution in [3.05, 3.63) is 32.4 Å². The van der Waals surface area contributed by atoms with E-state index in [2.05, 4.69) is 9.97 Å². The Morgan fingerprint density at radius 2 is 2.36 bits per heavy atom. The van der Waals surface area contributed by atoms with Gasteiger partial charge in [-0.15, -0.1) is 0 Å². The molecule has 0 amide bonds. The predicted octanol–water partition coefficient (Wildman–Crippen LogP) is 1.20. The summed E-state index contributed by atoms with van der Waals surface area (Å²) >= 11 is 0.916. The number of H-pyrrole nitrogens is 1. The van der Waals surface area contributed by atoms with E-state index >= 15 is 0 Å². The number of aromatic nitrogens is 2. The fourth-order valence-electron chi connectivity index (χ4n) is 1.24. The van der Waals surface area contributed by atoms with Gasteiger partial charge < -0.3 is 4.98 Å². The van der Waals surface area contributed by atoms with E-state index < -0.39 is 4.92 Å². The molecule has 2 heterocycles. The van der Waals surface area contributed by atoms with Crippen LogP contribution in [-0.4, -0.2) is 14.9 Å². The van der Waals surface area contributed by atoms with Crippen molar-refractivity contribution in [1.82, 2.24) is 9.97 Å². The lowest BCUT2D eigenvalue weighted by Crippen LogP contribution is -2.05. The third kappa shape index (κ3) is 1.10. The second kappa shape index (κ2) is 2.88. The summed E-state index contributed by atoms with van der Waals surface area (Å²) < 4.78 is 0. The summed E-state index contributed by atoms with van der Waals surface area (Å²) in [5.41, 5.74) is 0.0428. The first-order valence-electron chi connectivity index (χ1n) is 3.72. The summed E-state index contributed by atoms with van der Waals surface area (Å²) in [6.07, 6.45) is 1.24. The molecular weight excluding hydrogens is 206 g/mol. The Labute approximate surface area is 81.4 Å². The normalized spacial score (nSPS) is 10.6. The van der Waals surface area contributed by atoms with Crippen LogP contribution < -0.4 is 5.56 Å². The van der Waals surface area contributed by atoms with Crippen molar-refractivity contribution in [2.75, 3.05) is 0 Å². The zero-order valence-electron chi connectivity index (χ0n) is 7.10. The van der Waals surface area contributed by atoms with Crippen molar-refractivity contribution in [2.24, 2.45) is 0 Å². The average molecular weight is 211 g/mol. The number of hydrogen-bond acceptors (Lipinski definition) is 5. The van der Waals surface area contributed by atoms with Gasteiger partial charge in [0.2, 0.25) is 0 Å². The molecule has 0 unspecified atom stereocenters. The molecule has 2 aromatic heterocycles. The smallest absolute Gasteiger partial charge is 0.313 e. The second-order valence-electron chi connectivity index (χ2n) is 2.70. The Balaban J connectivity index is 2.94. The Morgan fingerprint density at radius 3 is 2.93 bits per heavy atom. The molecule has 0 saturated carbocycles. The molecule has 0 aliphatic carbocycles. The van der Waals surface area contributed by atoms with Crippen LogP contribution in [-0.2, 0) is 0 Å². The predicted molar refractivity (Wildman–Crippen MR) is 51.6 cm³/mol. The van der Waals surface area contributed by atoms with Crippen LogP contribution in [0.15, 0.2) is 11.1 Å². The molecule has 0 spiro atoms. The molecule has 14 heavy (non-hydrogen) atoms. The lowest BCUT2D eigenvalue weighted by atomic mass is 10.2. The first-order chi connectivity index (χ1) is 6.61. The van der Waals surface area contributed by atoms with Crippen LogP contribution in [0.3, 0.4) is 0 Å². The number of nitro groups is 1. The molecule has 1 N–H and O–H groups in total. The van der Waals surface area contributed by atoms with Gasteiger partial charge in [0.25, 0.3) is 5.56 Å². The van der Waals surface area contributed by atoms with E-state index in [-0.39, 0.29) is 10.6 Å². The van der Waals surface area contributed by atoms with E-state index in [4.69, 9.17) is 0 Å². The summed E-state index contributed by atoms with van der Waals surface area (Å²) in [4.78, 5) is 28.1. The summed E-state index contributed by atoms with van der Waals surface area (Å²) in [5.74, 6) is 0. The monoisotopic (exact) mass is 211 g/mol. The molecule has 2 rings (SSSR count). The largest absolute Gasteiger partial charge is 0.329 e. The summed E-state index contributed by atoms with van der Waals surface area (Å²) in [7, 11) is 0. The van der Waals surface area contributed by atoms with E-state index in [1.807, 2.05) is 0 Å². The maximum Gasteiger partial charge on any atom is 0.329 e. The molecule has 0 saturated heterocycles. The average Bonchev–Trinajstić information content (AvgIpc) is 2.45. The third-order valence-corrected chi connectivity index (χ3v) is 3.02. The molecule has 0 bridgehead atoms. The summed E-state index contributed by atoms with van der Waals surface area (Å²) in [6.45, 7) is 1.55. The van der Waals surface area contributed by atoms with Crippen LogP contribution in [0.1, 0.15) is 5.56 Å². The topological polar surface area (TPSA) is 88.9 Å². The van der Waals surface area contributed by atoms with Gasteiger partial charge in [0, 0.05) is 0 Å². The van der Waals surface area contributed by atoms with E-state index in [1.165, 1.54) is 6.33 Å². The minimum atomic E-state index is -0.499. The molecule has 0 atom stereocenters. The zero-order chi connectivity index (χ0) is 10.3. The van der Waals surface area contributed by atoms with Crippen LogP contribution in [0.2, 0.25) is 0 Å². The van der Waals surface area contributed by atoms with Crippen LogP contribution in [0.4, 0.5) is 5.00 Å². The highest BCUT2D eigenvalue weighted by molar-refractivity contribution is 7.21. The number of fused-ring (bicyclic) bond motifs is 1. The van der Waals surface area contributed by atoms with Crippen LogP contribution in [0.25, 0.3) is 10.2 Å². The second-order valence-corrected chi connectivity index (χ2v) is 3.68. The molecule has 6 nitrogen and oxygen atoms in total. The molecule has 0 aromatic carbocycles. The Kier molecular flexibility index (Phi) is 1.81. The number of thiophene rings is 1. The number of nitrogens with zero attached hydrogens (tertiary/aromatic N) is 2. The van der Waals surface area contributed by atoms with Gasteiger partial charge in [-0.2, -0.15) is 0 Å². The van der Waals surface area contributed by atoms with Gasteiger partial charge in [0.15, 0.2) is 0 Å². The number of nitrogens with one attached hydrogen (secondary N) is 1. The van der Waals surface area contributed by atoms with E-state index in [0.29, 0.717) is 15.8 Å². The Morgan fingerprint density at radius 1 is 1.64 bits per heavy atom. The SMILES string of the molecule is Cc1c([N+](=O)[O-])sc2nc[nH]c(=O)c12. The number of aryl methyl sites for hydroxylation is 1. The molecule has 72 valence electrons. The summed E-state index contributed by atoms with van der Waals surface area (Å²) in [5, 5.41) is 10.9. The lowest BCUT2D eigenvalue weighted by molar-refractivity contribution is -0.380. The molecule has 7 heteroatoms. The van der Waals surface area contributed by atoms with Crippen molar-refractivity contribution in [2.45, 2.75) is 6.92 Å². The minimum absolute atomic E-state index is 0.0239. The van der Waals surface area contributed by atoms with Crippen molar-refractivity contribution >= 4 is 26.6 Å². The van der Waals surface area contributed by atoms with Gasteiger partial charge in [-0.1, -0.05) is 0 Å². The molecule has 0 aliphatic rings. The number of rotatable bonds is 1. The lowest BCUT2D eigenvalue weighted by Gasteiger charge is -1.86. The number of aromatic amines is 1. The van der Waals surface area contributed by atoms with Crippen LogP contribution >= 0.6 is 11.3 Å². The molecule has 2 aromatic rings. The zero-order valence-corrected chi connectivity index (χ0v) is 7.92.